The van der Waals surface area contributed by atoms with Crippen molar-refractivity contribution in [2.24, 2.45) is 0 Å². The topological polar surface area (TPSA) is 9.23 Å². The van der Waals surface area contributed by atoms with Gasteiger partial charge in [0.25, 0.3) is 0 Å². The van der Waals surface area contributed by atoms with Crippen molar-refractivity contribution in [3.8, 4) is 5.75 Å². The molecule has 0 saturated heterocycles. The molecule has 0 saturated carbocycles. The molecule has 1 rings (SSSR count). The average Bonchev–Trinajstić information content (AvgIpc) is 1.95. The van der Waals surface area contributed by atoms with Crippen LogP contribution in [0.2, 0.25) is 5.02 Å². The first-order chi connectivity index (χ1) is 4.75. The summed E-state index contributed by atoms with van der Waals surface area (Å²) in [7, 11) is 1.43. The first-order valence-electron chi connectivity index (χ1n) is 2.65. The third-order valence-electron chi connectivity index (χ3n) is 1.07. The minimum atomic E-state index is -0.513. The van der Waals surface area contributed by atoms with Gasteiger partial charge in [-0.3, -0.25) is 0 Å². The molecule has 0 heterocycles. The van der Waals surface area contributed by atoms with E-state index in [0.29, 0.717) is 5.75 Å². The van der Waals surface area contributed by atoms with Crippen LogP contribution in [0.5, 0.6) is 5.75 Å². The molecule has 0 N–H and O–H groups in total. The van der Waals surface area contributed by atoms with Crippen molar-refractivity contribution in [3.05, 3.63) is 29.0 Å². The molecule has 0 bridgehead atoms. The van der Waals surface area contributed by atoms with Crippen molar-refractivity contribution < 1.29 is 9.13 Å². The van der Waals surface area contributed by atoms with Gasteiger partial charge in [-0.15, -0.1) is 0 Å². The molecule has 0 spiro atoms. The van der Waals surface area contributed by atoms with Crippen molar-refractivity contribution in [2.75, 3.05) is 7.11 Å². The Hall–Kier alpha value is -0.760. The van der Waals surface area contributed by atoms with E-state index < -0.39 is 5.82 Å². The predicted octanol–water partition coefficient (Wildman–Crippen LogP) is 2.29. The fourth-order valence-corrected chi connectivity index (χ4v) is 0.770. The molecule has 0 unspecified atom stereocenters. The van der Waals surface area contributed by atoms with Crippen molar-refractivity contribution in [2.45, 2.75) is 0 Å². The second-order valence-electron chi connectivity index (χ2n) is 1.69. The van der Waals surface area contributed by atoms with E-state index >= 15 is 0 Å². The Morgan fingerprint density at radius 2 is 2.30 bits per heavy atom. The van der Waals surface area contributed by atoms with Gasteiger partial charge in [-0.2, -0.15) is 0 Å². The van der Waals surface area contributed by atoms with E-state index in [1.165, 1.54) is 13.2 Å². The van der Waals surface area contributed by atoms with Crippen LogP contribution in [0, 0.1) is 11.9 Å². The normalized spacial score (nSPS) is 9.50. The van der Waals surface area contributed by atoms with Gasteiger partial charge in [0, 0.05) is 0 Å². The standard InChI is InChI=1S/C7H5ClFO/c1-10-6-4-2-3-5(9)7(6)8/h3-4H,1H3. The lowest BCUT2D eigenvalue weighted by atomic mass is 10.3. The first-order valence-corrected chi connectivity index (χ1v) is 3.02. The summed E-state index contributed by atoms with van der Waals surface area (Å²) in [6.45, 7) is 0. The molecule has 0 aliphatic rings. The summed E-state index contributed by atoms with van der Waals surface area (Å²) in [5, 5.41) is 0.00116. The van der Waals surface area contributed by atoms with Crippen LogP contribution in [0.3, 0.4) is 0 Å². The van der Waals surface area contributed by atoms with Gasteiger partial charge in [0.2, 0.25) is 0 Å². The fourth-order valence-electron chi connectivity index (χ4n) is 0.583. The molecule has 0 amide bonds. The van der Waals surface area contributed by atoms with Crippen molar-refractivity contribution in [1.82, 2.24) is 0 Å². The minimum Gasteiger partial charge on any atom is -0.495 e. The second kappa shape index (κ2) is 2.88. The number of methoxy groups -OCH3 is 1. The molecule has 0 atom stereocenters. The zero-order valence-electron chi connectivity index (χ0n) is 5.32. The molecule has 0 aliphatic carbocycles. The zero-order chi connectivity index (χ0) is 7.56. The molecule has 0 aromatic heterocycles. The molecule has 1 aromatic carbocycles. The number of hydrogen-bond donors (Lipinski definition) is 0. The maximum absolute atomic E-state index is 12.5. The van der Waals surface area contributed by atoms with Crippen molar-refractivity contribution in [1.29, 1.82) is 0 Å². The van der Waals surface area contributed by atoms with E-state index in [4.69, 9.17) is 16.3 Å². The lowest BCUT2D eigenvalue weighted by Crippen LogP contribution is -1.85. The number of hydrogen-bond acceptors (Lipinski definition) is 1. The number of halogens is 2. The maximum Gasteiger partial charge on any atom is 0.146 e. The van der Waals surface area contributed by atoms with Crippen LogP contribution in [0.4, 0.5) is 4.39 Å². The molecular weight excluding hydrogens is 155 g/mol. The van der Waals surface area contributed by atoms with Gasteiger partial charge in [-0.05, 0) is 18.2 Å². The van der Waals surface area contributed by atoms with Crippen LogP contribution < -0.4 is 4.74 Å². The van der Waals surface area contributed by atoms with Gasteiger partial charge in [0.15, 0.2) is 0 Å². The van der Waals surface area contributed by atoms with Crippen LogP contribution in [0.1, 0.15) is 0 Å². The number of ether oxygens (including phenoxy) is 1. The van der Waals surface area contributed by atoms with E-state index in [-0.39, 0.29) is 5.02 Å². The smallest absolute Gasteiger partial charge is 0.146 e. The summed E-state index contributed by atoms with van der Waals surface area (Å²) < 4.78 is 17.2. The summed E-state index contributed by atoms with van der Waals surface area (Å²) in [5.41, 5.74) is 0. The lowest BCUT2D eigenvalue weighted by molar-refractivity contribution is 0.411. The van der Waals surface area contributed by atoms with Gasteiger partial charge >= 0.3 is 0 Å². The Morgan fingerprint density at radius 1 is 1.60 bits per heavy atom. The van der Waals surface area contributed by atoms with E-state index in [2.05, 4.69) is 6.07 Å². The number of benzene rings is 1. The fraction of sp³-hybridized carbons (Fsp3) is 0.143. The number of rotatable bonds is 1. The highest BCUT2D eigenvalue weighted by molar-refractivity contribution is 6.32. The maximum atomic E-state index is 12.5. The second-order valence-corrected chi connectivity index (χ2v) is 2.06. The van der Waals surface area contributed by atoms with E-state index in [1.807, 2.05) is 0 Å². The van der Waals surface area contributed by atoms with Gasteiger partial charge in [-0.1, -0.05) is 11.6 Å². The van der Waals surface area contributed by atoms with Gasteiger partial charge in [0.05, 0.1) is 7.11 Å². The zero-order valence-corrected chi connectivity index (χ0v) is 6.07. The molecule has 1 nitrogen and oxygen atoms in total. The highest BCUT2D eigenvalue weighted by atomic mass is 35.5. The lowest BCUT2D eigenvalue weighted by Gasteiger charge is -2.00. The van der Waals surface area contributed by atoms with E-state index in [9.17, 15) is 4.39 Å². The molecule has 53 valence electrons. The van der Waals surface area contributed by atoms with Crippen LogP contribution >= 0.6 is 11.6 Å². The van der Waals surface area contributed by atoms with Crippen LogP contribution in [0.25, 0.3) is 0 Å². The summed E-state index contributed by atoms with van der Waals surface area (Å²) in [6.07, 6.45) is 0. The summed E-state index contributed by atoms with van der Waals surface area (Å²) in [5.74, 6) is -0.206. The Kier molecular flexibility index (Phi) is 2.12. The molecule has 10 heavy (non-hydrogen) atoms. The van der Waals surface area contributed by atoms with Crippen LogP contribution in [0.15, 0.2) is 12.1 Å². The predicted molar refractivity (Wildman–Crippen MR) is 36.8 cm³/mol. The van der Waals surface area contributed by atoms with Gasteiger partial charge in [0.1, 0.15) is 16.6 Å². The third-order valence-corrected chi connectivity index (χ3v) is 1.44. The Bertz CT molecular complexity index is 237. The molecule has 3 heteroatoms. The Morgan fingerprint density at radius 3 is 2.80 bits per heavy atom. The van der Waals surface area contributed by atoms with E-state index in [0.717, 1.165) is 6.07 Å². The van der Waals surface area contributed by atoms with Crippen LogP contribution in [-0.2, 0) is 0 Å². The highest BCUT2D eigenvalue weighted by Gasteiger charge is 2.03. The average molecular weight is 160 g/mol. The van der Waals surface area contributed by atoms with E-state index in [1.54, 1.807) is 0 Å². The monoisotopic (exact) mass is 159 g/mol. The van der Waals surface area contributed by atoms with Crippen LogP contribution in [-0.4, -0.2) is 7.11 Å². The molecule has 0 aliphatic heterocycles. The highest BCUT2D eigenvalue weighted by Crippen LogP contribution is 2.25. The molecule has 0 fully saturated rings. The summed E-state index contributed by atoms with van der Waals surface area (Å²) in [6, 6.07) is 5.17. The van der Waals surface area contributed by atoms with Gasteiger partial charge in [-0.25, -0.2) is 4.39 Å². The minimum absolute atomic E-state index is 0.00116. The first kappa shape index (κ1) is 7.35. The summed E-state index contributed by atoms with van der Waals surface area (Å²) in [4.78, 5) is 0. The third kappa shape index (κ3) is 1.21. The Labute approximate surface area is 63.4 Å². The van der Waals surface area contributed by atoms with Gasteiger partial charge < -0.3 is 4.74 Å². The molecular formula is C7H5ClFO. The summed E-state index contributed by atoms with van der Waals surface area (Å²) >= 11 is 5.47. The Balaban J connectivity index is 3.14. The molecule has 1 aromatic rings. The molecule has 1 radical (unpaired) electrons. The SMILES string of the molecule is COc1c[c]cc(F)c1Cl. The largest absolute Gasteiger partial charge is 0.495 e. The van der Waals surface area contributed by atoms with Crippen molar-refractivity contribution >= 4 is 11.6 Å². The van der Waals surface area contributed by atoms with Crippen molar-refractivity contribution in [3.63, 3.8) is 0 Å². The quantitative estimate of drug-likeness (QED) is 0.611.